The van der Waals surface area contributed by atoms with E-state index >= 15 is 0 Å². The normalized spacial score (nSPS) is 14.8. The van der Waals surface area contributed by atoms with Gasteiger partial charge >= 0.3 is 0 Å². The summed E-state index contributed by atoms with van der Waals surface area (Å²) < 4.78 is 1.89. The first-order valence-electron chi connectivity index (χ1n) is 10.8. The number of hydrogen-bond donors (Lipinski definition) is 0. The number of carbonyl (C=O) groups excluding carboxylic acids is 2. The quantitative estimate of drug-likeness (QED) is 0.735. The zero-order chi connectivity index (χ0) is 21.8. The molecule has 0 radical (unpaired) electrons. The van der Waals surface area contributed by atoms with Crippen molar-refractivity contribution in [1.29, 1.82) is 0 Å². The zero-order valence-electron chi connectivity index (χ0n) is 18.9. The van der Waals surface area contributed by atoms with E-state index in [1.807, 2.05) is 35.7 Å². The molecule has 0 bridgehead atoms. The van der Waals surface area contributed by atoms with Gasteiger partial charge in [-0.05, 0) is 68.7 Å². The minimum Gasteiger partial charge on any atom is -0.345 e. The summed E-state index contributed by atoms with van der Waals surface area (Å²) in [7, 11) is 5.49. The third kappa shape index (κ3) is 5.10. The van der Waals surface area contributed by atoms with Crippen molar-refractivity contribution in [1.82, 2.24) is 19.6 Å². The molecule has 0 saturated carbocycles. The molecule has 0 unspecified atom stereocenters. The van der Waals surface area contributed by atoms with E-state index in [9.17, 15) is 9.59 Å². The van der Waals surface area contributed by atoms with Crippen molar-refractivity contribution >= 4 is 11.8 Å². The summed E-state index contributed by atoms with van der Waals surface area (Å²) >= 11 is 0. The van der Waals surface area contributed by atoms with Crippen LogP contribution >= 0.6 is 0 Å². The molecule has 2 heterocycles. The predicted molar refractivity (Wildman–Crippen MR) is 118 cm³/mol. The molecule has 2 aromatic rings. The van der Waals surface area contributed by atoms with Gasteiger partial charge in [0.05, 0.1) is 5.69 Å². The summed E-state index contributed by atoms with van der Waals surface area (Å²) in [6.07, 6.45) is 4.40. The third-order valence-electron chi connectivity index (χ3n) is 6.35. The van der Waals surface area contributed by atoms with Gasteiger partial charge in [0.15, 0.2) is 0 Å². The minimum absolute atomic E-state index is 0.0324. The van der Waals surface area contributed by atoms with E-state index in [4.69, 9.17) is 0 Å². The Kier molecular flexibility index (Phi) is 6.95. The number of aryl methyl sites for hydroxylation is 2. The second-order valence-corrected chi connectivity index (χ2v) is 8.70. The number of amides is 2. The van der Waals surface area contributed by atoms with E-state index in [2.05, 4.69) is 24.2 Å². The molecule has 30 heavy (non-hydrogen) atoms. The highest BCUT2D eigenvalue weighted by Gasteiger charge is 2.23. The van der Waals surface area contributed by atoms with Gasteiger partial charge in [0.1, 0.15) is 0 Å². The van der Waals surface area contributed by atoms with Crippen LogP contribution in [0.4, 0.5) is 0 Å². The zero-order valence-corrected chi connectivity index (χ0v) is 18.9. The molecule has 6 nitrogen and oxygen atoms in total. The smallest absolute Gasteiger partial charge is 0.253 e. The van der Waals surface area contributed by atoms with E-state index in [1.165, 1.54) is 11.1 Å². The van der Waals surface area contributed by atoms with Crippen LogP contribution in [-0.2, 0) is 24.7 Å². The van der Waals surface area contributed by atoms with Crippen molar-refractivity contribution < 1.29 is 9.59 Å². The van der Waals surface area contributed by atoms with Crippen molar-refractivity contribution in [3.63, 3.8) is 0 Å². The number of aromatic nitrogens is 2. The van der Waals surface area contributed by atoms with Crippen LogP contribution in [0.25, 0.3) is 0 Å². The fourth-order valence-electron chi connectivity index (χ4n) is 4.33. The number of rotatable bonds is 6. The third-order valence-corrected chi connectivity index (χ3v) is 6.35. The Morgan fingerprint density at radius 2 is 1.73 bits per heavy atom. The topological polar surface area (TPSA) is 58.4 Å². The van der Waals surface area contributed by atoms with Gasteiger partial charge in [-0.15, -0.1) is 0 Å². The van der Waals surface area contributed by atoms with E-state index in [-0.39, 0.29) is 11.8 Å². The van der Waals surface area contributed by atoms with Gasteiger partial charge in [-0.2, -0.15) is 5.10 Å². The summed E-state index contributed by atoms with van der Waals surface area (Å²) in [5, 5.41) is 4.45. The number of carbonyl (C=O) groups is 2. The fourth-order valence-corrected chi connectivity index (χ4v) is 4.33. The van der Waals surface area contributed by atoms with Crippen molar-refractivity contribution in [2.45, 2.75) is 46.0 Å². The number of nitrogens with zero attached hydrogens (tertiary/aromatic N) is 4. The van der Waals surface area contributed by atoms with Crippen molar-refractivity contribution in [2.24, 2.45) is 13.0 Å². The lowest BCUT2D eigenvalue weighted by Gasteiger charge is -2.32. The van der Waals surface area contributed by atoms with Crippen LogP contribution in [0, 0.1) is 19.8 Å². The highest BCUT2D eigenvalue weighted by Crippen LogP contribution is 2.23. The van der Waals surface area contributed by atoms with Crippen molar-refractivity contribution in [3.8, 4) is 0 Å². The Balaban J connectivity index is 1.46. The van der Waals surface area contributed by atoms with Gasteiger partial charge in [0, 0.05) is 51.9 Å². The first-order valence-corrected chi connectivity index (χ1v) is 10.8. The van der Waals surface area contributed by atoms with Crippen LogP contribution in [0.2, 0.25) is 0 Å². The Hall–Kier alpha value is -2.63. The number of likely N-dealkylation sites (tertiary alicyclic amines) is 1. The molecule has 1 aromatic heterocycles. The molecule has 0 atom stereocenters. The molecule has 1 aliphatic rings. The molecular formula is C24H34N4O2. The molecule has 162 valence electrons. The molecule has 1 saturated heterocycles. The van der Waals surface area contributed by atoms with Gasteiger partial charge < -0.3 is 9.80 Å². The molecule has 1 aliphatic heterocycles. The molecule has 0 aliphatic carbocycles. The molecule has 1 fully saturated rings. The average molecular weight is 411 g/mol. The second kappa shape index (κ2) is 9.45. The Morgan fingerprint density at radius 1 is 1.10 bits per heavy atom. The monoisotopic (exact) mass is 410 g/mol. The lowest BCUT2D eigenvalue weighted by molar-refractivity contribution is -0.132. The molecule has 3 rings (SSSR count). The SMILES string of the molecule is Cc1nn(C)c(C)c1CCC(=O)N1CCC(Cc2ccc(C(=O)N(C)C)cc2)CC1. The molecule has 0 spiro atoms. The maximum atomic E-state index is 12.7. The maximum Gasteiger partial charge on any atom is 0.253 e. The lowest BCUT2D eigenvalue weighted by Crippen LogP contribution is -2.39. The van der Waals surface area contributed by atoms with Crippen molar-refractivity contribution in [3.05, 3.63) is 52.3 Å². The average Bonchev–Trinajstić information content (AvgIpc) is 2.98. The molecular weight excluding hydrogens is 376 g/mol. The van der Waals surface area contributed by atoms with E-state index in [0.717, 1.165) is 55.7 Å². The van der Waals surface area contributed by atoms with E-state index in [1.54, 1.807) is 19.0 Å². The Labute approximate surface area is 179 Å². The minimum atomic E-state index is 0.0324. The van der Waals surface area contributed by atoms with Gasteiger partial charge in [-0.3, -0.25) is 14.3 Å². The summed E-state index contributed by atoms with van der Waals surface area (Å²) in [5.74, 6) is 0.875. The largest absolute Gasteiger partial charge is 0.345 e. The van der Waals surface area contributed by atoms with Crippen LogP contribution in [-0.4, -0.2) is 58.6 Å². The van der Waals surface area contributed by atoms with Gasteiger partial charge in [0.25, 0.3) is 5.91 Å². The van der Waals surface area contributed by atoms with Crippen LogP contribution in [0.5, 0.6) is 0 Å². The van der Waals surface area contributed by atoms with Crippen molar-refractivity contribution in [2.75, 3.05) is 27.2 Å². The highest BCUT2D eigenvalue weighted by molar-refractivity contribution is 5.93. The fraction of sp³-hybridized carbons (Fsp3) is 0.542. The van der Waals surface area contributed by atoms with E-state index < -0.39 is 0 Å². The summed E-state index contributed by atoms with van der Waals surface area (Å²) in [4.78, 5) is 28.3. The standard InChI is InChI=1S/C24H34N4O2/c1-17-22(18(2)27(5)25-17)10-11-23(29)28-14-12-20(13-15-28)16-19-6-8-21(9-7-19)24(30)26(3)4/h6-9,20H,10-16H2,1-5H3. The highest BCUT2D eigenvalue weighted by atomic mass is 16.2. The number of benzene rings is 1. The number of hydrogen-bond acceptors (Lipinski definition) is 3. The summed E-state index contributed by atoms with van der Waals surface area (Å²) in [6.45, 7) is 5.76. The maximum absolute atomic E-state index is 12.7. The second-order valence-electron chi connectivity index (χ2n) is 8.70. The van der Waals surface area contributed by atoms with Crippen LogP contribution in [0.1, 0.15) is 52.1 Å². The molecule has 2 amide bonds. The van der Waals surface area contributed by atoms with Crippen LogP contribution in [0.15, 0.2) is 24.3 Å². The van der Waals surface area contributed by atoms with Gasteiger partial charge in [-0.1, -0.05) is 12.1 Å². The lowest BCUT2D eigenvalue weighted by atomic mass is 9.89. The van der Waals surface area contributed by atoms with Crippen LogP contribution < -0.4 is 0 Å². The molecule has 1 aromatic carbocycles. The molecule has 0 N–H and O–H groups in total. The predicted octanol–water partition coefficient (Wildman–Crippen LogP) is 3.15. The Morgan fingerprint density at radius 3 is 2.27 bits per heavy atom. The Bertz CT molecular complexity index is 891. The van der Waals surface area contributed by atoms with Gasteiger partial charge in [0.2, 0.25) is 5.91 Å². The first kappa shape index (κ1) is 22.1. The molecule has 6 heteroatoms. The van der Waals surface area contributed by atoms with Crippen LogP contribution in [0.3, 0.4) is 0 Å². The van der Waals surface area contributed by atoms with Gasteiger partial charge in [-0.25, -0.2) is 0 Å². The van der Waals surface area contributed by atoms with E-state index in [0.29, 0.717) is 12.3 Å². The first-order chi connectivity index (χ1) is 14.3. The summed E-state index contributed by atoms with van der Waals surface area (Å²) in [6, 6.07) is 7.96. The summed E-state index contributed by atoms with van der Waals surface area (Å²) in [5.41, 5.74) is 5.37. The number of piperidine rings is 1.